The molecule has 3 N–H and O–H groups in total. The van der Waals surface area contributed by atoms with Crippen LogP contribution in [0, 0.1) is 0 Å². The molecule has 4 aromatic rings. The van der Waals surface area contributed by atoms with Gasteiger partial charge in [-0.15, -0.1) is 0 Å². The molecule has 1 aromatic heterocycles. The number of phenolic OH excluding ortho intramolecular Hbond substituents is 1. The zero-order valence-corrected chi connectivity index (χ0v) is 20.6. The Labute approximate surface area is 217 Å². The summed E-state index contributed by atoms with van der Waals surface area (Å²) in [4.78, 5) is 25.5. The van der Waals surface area contributed by atoms with Crippen molar-refractivity contribution in [1.82, 2.24) is 15.1 Å². The molecule has 0 unspecified atom stereocenters. The van der Waals surface area contributed by atoms with Gasteiger partial charge in [-0.3, -0.25) is 4.79 Å². The number of amides is 2. The van der Waals surface area contributed by atoms with Gasteiger partial charge in [0.2, 0.25) is 0 Å². The zero-order chi connectivity index (χ0) is 25.2. The lowest BCUT2D eigenvalue weighted by Gasteiger charge is -2.09. The standard InChI is InChI=1S/C27H22Cl2N4O3/c28-21-7-3-1-5-17(21)15-30-27(36)33-24(16-9-10-16)14-23(32-33)20-12-11-18(13-25(20)34)31-26(35)19-6-2-4-8-22(19)29/h1-8,11-14,16,34H,9-10,15H2,(H,30,36)(H,31,35). The quantitative estimate of drug-likeness (QED) is 0.272. The number of anilines is 1. The van der Waals surface area contributed by atoms with Gasteiger partial charge in [-0.1, -0.05) is 53.5 Å². The van der Waals surface area contributed by atoms with Crippen LogP contribution in [0.15, 0.2) is 72.8 Å². The third-order valence-electron chi connectivity index (χ3n) is 5.96. The van der Waals surface area contributed by atoms with E-state index in [1.807, 2.05) is 24.3 Å². The molecule has 0 atom stereocenters. The molecular formula is C27H22Cl2N4O3. The minimum Gasteiger partial charge on any atom is -0.507 e. The van der Waals surface area contributed by atoms with E-state index in [1.165, 1.54) is 10.7 Å². The third kappa shape index (κ3) is 5.08. The van der Waals surface area contributed by atoms with Crippen molar-refractivity contribution in [3.8, 4) is 17.0 Å². The zero-order valence-electron chi connectivity index (χ0n) is 19.0. The molecule has 5 rings (SSSR count). The van der Waals surface area contributed by atoms with Gasteiger partial charge in [0.05, 0.1) is 22.0 Å². The first-order valence-corrected chi connectivity index (χ1v) is 12.2. The first-order chi connectivity index (χ1) is 17.4. The molecule has 1 saturated carbocycles. The van der Waals surface area contributed by atoms with Crippen LogP contribution < -0.4 is 10.6 Å². The van der Waals surface area contributed by atoms with Crippen molar-refractivity contribution < 1.29 is 14.7 Å². The number of halogens is 2. The number of hydrogen-bond donors (Lipinski definition) is 3. The number of carbonyl (C=O) groups is 2. The second kappa shape index (κ2) is 10.0. The number of carbonyl (C=O) groups excluding carboxylic acids is 2. The van der Waals surface area contributed by atoms with Crippen LogP contribution in [-0.2, 0) is 6.54 Å². The first-order valence-electron chi connectivity index (χ1n) is 11.4. The topological polar surface area (TPSA) is 96.3 Å². The maximum Gasteiger partial charge on any atom is 0.342 e. The minimum absolute atomic E-state index is 0.0737. The van der Waals surface area contributed by atoms with E-state index in [9.17, 15) is 14.7 Å². The number of hydrogen-bond acceptors (Lipinski definition) is 4. The van der Waals surface area contributed by atoms with Crippen molar-refractivity contribution in [3.63, 3.8) is 0 Å². The summed E-state index contributed by atoms with van der Waals surface area (Å²) >= 11 is 12.3. The van der Waals surface area contributed by atoms with Crippen LogP contribution >= 0.6 is 23.2 Å². The van der Waals surface area contributed by atoms with E-state index in [-0.39, 0.29) is 30.2 Å². The maximum absolute atomic E-state index is 13.0. The number of phenols is 1. The molecule has 0 spiro atoms. The third-order valence-corrected chi connectivity index (χ3v) is 6.66. The Morgan fingerprint density at radius 3 is 2.39 bits per heavy atom. The molecule has 2 amide bonds. The summed E-state index contributed by atoms with van der Waals surface area (Å²) in [6, 6.07) is 20.2. The van der Waals surface area contributed by atoms with Crippen LogP contribution in [0.3, 0.4) is 0 Å². The van der Waals surface area contributed by atoms with Crippen LogP contribution in [0.2, 0.25) is 10.0 Å². The highest BCUT2D eigenvalue weighted by Crippen LogP contribution is 2.42. The Balaban J connectivity index is 1.35. The maximum atomic E-state index is 13.0. The summed E-state index contributed by atoms with van der Waals surface area (Å²) in [5.74, 6) is -0.215. The van der Waals surface area contributed by atoms with Gasteiger partial charge in [-0.05, 0) is 54.8 Å². The van der Waals surface area contributed by atoms with Gasteiger partial charge < -0.3 is 15.7 Å². The molecule has 0 radical (unpaired) electrons. The lowest BCUT2D eigenvalue weighted by atomic mass is 10.1. The fourth-order valence-corrected chi connectivity index (χ4v) is 4.34. The molecule has 3 aromatic carbocycles. The summed E-state index contributed by atoms with van der Waals surface area (Å²) in [5, 5.41) is 21.7. The second-order valence-electron chi connectivity index (χ2n) is 8.56. The van der Waals surface area contributed by atoms with Gasteiger partial charge in [0.1, 0.15) is 5.75 Å². The number of nitrogens with one attached hydrogen (secondary N) is 2. The van der Waals surface area contributed by atoms with Gasteiger partial charge in [0, 0.05) is 34.8 Å². The monoisotopic (exact) mass is 520 g/mol. The molecule has 1 aliphatic carbocycles. The lowest BCUT2D eigenvalue weighted by molar-refractivity contribution is 0.102. The molecule has 36 heavy (non-hydrogen) atoms. The lowest BCUT2D eigenvalue weighted by Crippen LogP contribution is -2.30. The van der Waals surface area contributed by atoms with E-state index in [0.29, 0.717) is 32.6 Å². The van der Waals surface area contributed by atoms with Crippen molar-refractivity contribution >= 4 is 40.8 Å². The van der Waals surface area contributed by atoms with Gasteiger partial charge in [-0.2, -0.15) is 9.78 Å². The fourth-order valence-electron chi connectivity index (χ4n) is 3.92. The average molecular weight is 521 g/mol. The molecule has 182 valence electrons. The predicted octanol–water partition coefficient (Wildman–Crippen LogP) is 6.45. The summed E-state index contributed by atoms with van der Waals surface area (Å²) in [5.41, 5.74) is 3.24. The normalized spacial score (nSPS) is 12.8. The van der Waals surface area contributed by atoms with E-state index < -0.39 is 0 Å². The Morgan fingerprint density at radius 1 is 0.972 bits per heavy atom. The minimum atomic E-state index is -0.386. The van der Waals surface area contributed by atoms with E-state index in [1.54, 1.807) is 42.5 Å². The Kier molecular flexibility index (Phi) is 6.67. The highest BCUT2D eigenvalue weighted by Gasteiger charge is 2.30. The van der Waals surface area contributed by atoms with E-state index in [0.717, 1.165) is 24.1 Å². The van der Waals surface area contributed by atoms with Gasteiger partial charge in [0.25, 0.3) is 5.91 Å². The summed E-state index contributed by atoms with van der Waals surface area (Å²) in [7, 11) is 0. The molecule has 9 heteroatoms. The Bertz CT molecular complexity index is 1460. The van der Waals surface area contributed by atoms with Crippen molar-refractivity contribution in [2.45, 2.75) is 25.3 Å². The second-order valence-corrected chi connectivity index (χ2v) is 9.37. The number of nitrogens with zero attached hydrogens (tertiary/aromatic N) is 2. The van der Waals surface area contributed by atoms with Crippen molar-refractivity contribution in [1.29, 1.82) is 0 Å². The molecule has 7 nitrogen and oxygen atoms in total. The fraction of sp³-hybridized carbons (Fsp3) is 0.148. The molecule has 0 aliphatic heterocycles. The van der Waals surface area contributed by atoms with Crippen LogP contribution in [0.5, 0.6) is 5.75 Å². The van der Waals surface area contributed by atoms with Crippen LogP contribution in [0.1, 0.15) is 40.4 Å². The molecule has 1 heterocycles. The van der Waals surface area contributed by atoms with Gasteiger partial charge in [-0.25, -0.2) is 4.79 Å². The molecule has 0 bridgehead atoms. The van der Waals surface area contributed by atoms with Crippen LogP contribution in [0.4, 0.5) is 10.5 Å². The van der Waals surface area contributed by atoms with Crippen LogP contribution in [0.25, 0.3) is 11.3 Å². The smallest absolute Gasteiger partial charge is 0.342 e. The SMILES string of the molecule is O=C(Nc1ccc(-c2cc(C3CC3)n(C(=O)NCc3ccccc3Cl)n2)c(O)c1)c1ccccc1Cl. The number of aromatic hydroxyl groups is 1. The molecule has 1 aliphatic rings. The summed E-state index contributed by atoms with van der Waals surface area (Å²) < 4.78 is 1.36. The average Bonchev–Trinajstić information content (AvgIpc) is 3.62. The molecule has 1 fully saturated rings. The van der Waals surface area contributed by atoms with Gasteiger partial charge in [0.15, 0.2) is 0 Å². The molecular weight excluding hydrogens is 499 g/mol. The first kappa shape index (κ1) is 23.9. The summed E-state index contributed by atoms with van der Waals surface area (Å²) in [6.07, 6.45) is 1.95. The van der Waals surface area contributed by atoms with E-state index in [4.69, 9.17) is 23.2 Å². The molecule has 0 saturated heterocycles. The number of benzene rings is 3. The Morgan fingerprint density at radius 2 is 1.69 bits per heavy atom. The van der Waals surface area contributed by atoms with Gasteiger partial charge >= 0.3 is 6.03 Å². The summed E-state index contributed by atoms with van der Waals surface area (Å²) in [6.45, 7) is 0.267. The van der Waals surface area contributed by atoms with Crippen LogP contribution in [-0.4, -0.2) is 26.8 Å². The van der Waals surface area contributed by atoms with E-state index >= 15 is 0 Å². The number of rotatable bonds is 6. The number of aromatic nitrogens is 2. The van der Waals surface area contributed by atoms with Crippen molar-refractivity contribution in [2.24, 2.45) is 0 Å². The Hall–Kier alpha value is -3.81. The largest absolute Gasteiger partial charge is 0.507 e. The highest BCUT2D eigenvalue weighted by molar-refractivity contribution is 6.34. The van der Waals surface area contributed by atoms with Crippen molar-refractivity contribution in [3.05, 3.63) is 99.7 Å². The van der Waals surface area contributed by atoms with Crippen molar-refractivity contribution in [2.75, 3.05) is 5.32 Å². The van der Waals surface area contributed by atoms with E-state index in [2.05, 4.69) is 15.7 Å². The predicted molar refractivity (Wildman–Crippen MR) is 140 cm³/mol. The highest BCUT2D eigenvalue weighted by atomic mass is 35.5.